The first kappa shape index (κ1) is 18.4. The van der Waals surface area contributed by atoms with E-state index in [-0.39, 0.29) is 47.3 Å². The van der Waals surface area contributed by atoms with E-state index in [0.29, 0.717) is 11.1 Å². The third-order valence-corrected chi connectivity index (χ3v) is 6.12. The number of phenolic OH excluding ortho intramolecular Hbond substituents is 1. The molecule has 2 aromatic rings. The summed E-state index contributed by atoms with van der Waals surface area (Å²) in [5.74, 6) is -1.72. The number of carbonyl (C=O) groups excluding carboxylic acids is 3. The molecule has 0 amide bonds. The van der Waals surface area contributed by atoms with Crippen LogP contribution in [-0.4, -0.2) is 41.0 Å². The van der Waals surface area contributed by atoms with Crippen molar-refractivity contribution in [3.05, 3.63) is 63.7 Å². The van der Waals surface area contributed by atoms with Crippen LogP contribution < -0.4 is 0 Å². The van der Waals surface area contributed by atoms with Crippen molar-refractivity contribution in [2.45, 2.75) is 37.7 Å². The van der Waals surface area contributed by atoms with Crippen molar-refractivity contribution in [3.63, 3.8) is 0 Å². The Hall–Kier alpha value is -2.99. The Kier molecular flexibility index (Phi) is 4.12. The minimum atomic E-state index is -1.39. The Bertz CT molecular complexity index is 1040. The highest BCUT2D eigenvalue weighted by Crippen LogP contribution is 2.47. The number of aliphatic hydroxyl groups excluding tert-OH is 1. The highest BCUT2D eigenvalue weighted by Gasteiger charge is 2.51. The molecule has 2 aliphatic rings. The van der Waals surface area contributed by atoms with E-state index in [2.05, 4.69) is 0 Å². The molecule has 0 aromatic heterocycles. The van der Waals surface area contributed by atoms with E-state index in [0.717, 1.165) is 0 Å². The summed E-state index contributed by atoms with van der Waals surface area (Å²) in [5, 5.41) is 21.7. The van der Waals surface area contributed by atoms with Crippen LogP contribution in [0.2, 0.25) is 0 Å². The van der Waals surface area contributed by atoms with Crippen molar-refractivity contribution >= 4 is 17.5 Å². The molecule has 2 N–H and O–H groups in total. The summed E-state index contributed by atoms with van der Waals surface area (Å²) in [6, 6.07) is 7.95. The van der Waals surface area contributed by atoms with Crippen LogP contribution in [0.15, 0.2) is 30.3 Å². The van der Waals surface area contributed by atoms with E-state index in [1.165, 1.54) is 13.2 Å². The van der Waals surface area contributed by atoms with E-state index in [9.17, 15) is 24.6 Å². The molecule has 0 fully saturated rings. The monoisotopic (exact) mass is 380 g/mol. The molecule has 28 heavy (non-hydrogen) atoms. The number of esters is 1. The van der Waals surface area contributed by atoms with Gasteiger partial charge in [0.1, 0.15) is 11.2 Å². The Morgan fingerprint density at radius 3 is 2.43 bits per heavy atom. The van der Waals surface area contributed by atoms with Gasteiger partial charge in [-0.3, -0.25) is 14.4 Å². The Morgan fingerprint density at radius 1 is 1.18 bits per heavy atom. The number of ether oxygens (including phenoxy) is 1. The molecule has 2 aromatic carbocycles. The third kappa shape index (κ3) is 2.15. The van der Waals surface area contributed by atoms with Crippen LogP contribution in [0.3, 0.4) is 0 Å². The van der Waals surface area contributed by atoms with Gasteiger partial charge >= 0.3 is 5.97 Å². The molecule has 2 atom stereocenters. The number of methoxy groups -OCH3 is 1. The Balaban J connectivity index is 2.05. The lowest BCUT2D eigenvalue weighted by Crippen LogP contribution is -2.50. The maximum absolute atomic E-state index is 13.1. The predicted molar refractivity (Wildman–Crippen MR) is 99.7 cm³/mol. The number of aromatic hydroxyl groups is 1. The Labute approximate surface area is 161 Å². The summed E-state index contributed by atoms with van der Waals surface area (Å²) < 4.78 is 4.97. The number of ketones is 2. The zero-order chi connectivity index (χ0) is 20.2. The van der Waals surface area contributed by atoms with Crippen molar-refractivity contribution in [1.82, 2.24) is 0 Å². The number of hydrogen-bond donors (Lipinski definition) is 2. The fourth-order valence-corrected chi connectivity index (χ4v) is 4.63. The zero-order valence-electron chi connectivity index (χ0n) is 15.6. The van der Waals surface area contributed by atoms with Gasteiger partial charge in [-0.2, -0.15) is 0 Å². The fraction of sp³-hybridized carbons (Fsp3) is 0.318. The molecule has 6 nitrogen and oxygen atoms in total. The van der Waals surface area contributed by atoms with Crippen LogP contribution in [0.25, 0.3) is 0 Å². The minimum Gasteiger partial charge on any atom is -0.507 e. The molecule has 0 unspecified atom stereocenters. The second-order valence-electron chi connectivity index (χ2n) is 7.25. The molecule has 2 aliphatic carbocycles. The van der Waals surface area contributed by atoms with Crippen molar-refractivity contribution < 1.29 is 29.3 Å². The van der Waals surface area contributed by atoms with E-state index in [4.69, 9.17) is 4.74 Å². The molecule has 0 spiro atoms. The van der Waals surface area contributed by atoms with Crippen LogP contribution in [-0.2, 0) is 21.4 Å². The van der Waals surface area contributed by atoms with Gasteiger partial charge in [0.05, 0.1) is 18.8 Å². The maximum Gasteiger partial charge on any atom is 0.318 e. The smallest absolute Gasteiger partial charge is 0.318 e. The average molecular weight is 380 g/mol. The van der Waals surface area contributed by atoms with E-state index < -0.39 is 29.1 Å². The standard InChI is InChI=1S/C22H20O6/c1-3-22(21(27)28-2)15-10-14-17(20(26)13(15)8-9-16(22)23)19(25)12-7-5-4-6-11(12)18(14)24/h4-7,10,16,23,26H,3,8-9H2,1-2H3/t16-,22+/m0/s1. The number of aliphatic hydroxyl groups is 1. The number of hydrogen-bond acceptors (Lipinski definition) is 6. The summed E-state index contributed by atoms with van der Waals surface area (Å²) in [6.45, 7) is 1.74. The SMILES string of the molecule is CC[C@@]1(C(=O)OC)c2cc3c(c(O)c2CC[C@@H]1O)C(=O)c1ccccc1C3=O. The first-order chi connectivity index (χ1) is 13.4. The van der Waals surface area contributed by atoms with Gasteiger partial charge < -0.3 is 14.9 Å². The van der Waals surface area contributed by atoms with Gasteiger partial charge in [0, 0.05) is 16.7 Å². The van der Waals surface area contributed by atoms with Crippen LogP contribution in [0.5, 0.6) is 5.75 Å². The van der Waals surface area contributed by atoms with Gasteiger partial charge in [-0.1, -0.05) is 31.2 Å². The third-order valence-electron chi connectivity index (χ3n) is 6.12. The number of rotatable bonds is 2. The molecule has 0 aliphatic heterocycles. The van der Waals surface area contributed by atoms with Crippen LogP contribution in [0, 0.1) is 0 Å². The highest BCUT2D eigenvalue weighted by molar-refractivity contribution is 6.29. The molecule has 0 radical (unpaired) electrons. The fourth-order valence-electron chi connectivity index (χ4n) is 4.63. The van der Waals surface area contributed by atoms with Gasteiger partial charge in [0.15, 0.2) is 11.6 Å². The van der Waals surface area contributed by atoms with Crippen LogP contribution in [0.1, 0.15) is 62.7 Å². The average Bonchev–Trinajstić information content (AvgIpc) is 2.71. The molecule has 144 valence electrons. The molecule has 0 saturated heterocycles. The second-order valence-corrected chi connectivity index (χ2v) is 7.25. The molecule has 0 saturated carbocycles. The molecule has 6 heteroatoms. The van der Waals surface area contributed by atoms with Gasteiger partial charge in [0.25, 0.3) is 0 Å². The van der Waals surface area contributed by atoms with Crippen molar-refractivity contribution in [1.29, 1.82) is 0 Å². The molecular formula is C22H20O6. The van der Waals surface area contributed by atoms with Gasteiger partial charge in [-0.05, 0) is 36.5 Å². The number of benzene rings is 2. The van der Waals surface area contributed by atoms with E-state index in [1.54, 1.807) is 31.2 Å². The minimum absolute atomic E-state index is 0.0336. The molecule has 4 rings (SSSR count). The molecule has 0 bridgehead atoms. The molecular weight excluding hydrogens is 360 g/mol. The lowest BCUT2D eigenvalue weighted by Gasteiger charge is -2.41. The highest BCUT2D eigenvalue weighted by atomic mass is 16.5. The van der Waals surface area contributed by atoms with Crippen LogP contribution >= 0.6 is 0 Å². The van der Waals surface area contributed by atoms with E-state index in [1.807, 2.05) is 0 Å². The number of carbonyl (C=O) groups is 3. The summed E-state index contributed by atoms with van der Waals surface area (Å²) in [6.07, 6.45) is -0.264. The predicted octanol–water partition coefficient (Wildman–Crippen LogP) is 2.30. The first-order valence-corrected chi connectivity index (χ1v) is 9.22. The van der Waals surface area contributed by atoms with E-state index >= 15 is 0 Å². The lowest BCUT2D eigenvalue weighted by atomic mass is 9.64. The van der Waals surface area contributed by atoms with Gasteiger partial charge in [-0.15, -0.1) is 0 Å². The van der Waals surface area contributed by atoms with Gasteiger partial charge in [0.2, 0.25) is 0 Å². The quantitative estimate of drug-likeness (QED) is 0.662. The Morgan fingerprint density at radius 2 is 1.82 bits per heavy atom. The van der Waals surface area contributed by atoms with Gasteiger partial charge in [-0.25, -0.2) is 0 Å². The second kappa shape index (κ2) is 6.27. The van der Waals surface area contributed by atoms with Crippen LogP contribution in [0.4, 0.5) is 0 Å². The molecule has 0 heterocycles. The summed E-state index contributed by atoms with van der Waals surface area (Å²) in [5.41, 5.74) is -0.0924. The lowest BCUT2D eigenvalue weighted by molar-refractivity contribution is -0.153. The largest absolute Gasteiger partial charge is 0.507 e. The van der Waals surface area contributed by atoms with Crippen molar-refractivity contribution in [2.75, 3.05) is 7.11 Å². The topological polar surface area (TPSA) is 101 Å². The van der Waals surface area contributed by atoms with Crippen molar-refractivity contribution in [3.8, 4) is 5.75 Å². The van der Waals surface area contributed by atoms with Crippen molar-refractivity contribution in [2.24, 2.45) is 0 Å². The zero-order valence-corrected chi connectivity index (χ0v) is 15.6. The summed E-state index contributed by atoms with van der Waals surface area (Å²) in [7, 11) is 1.24. The number of fused-ring (bicyclic) bond motifs is 3. The maximum atomic E-state index is 13.1. The summed E-state index contributed by atoms with van der Waals surface area (Å²) in [4.78, 5) is 38.8. The number of phenols is 1. The summed E-state index contributed by atoms with van der Waals surface area (Å²) >= 11 is 0. The normalized spacial score (nSPS) is 22.9. The first-order valence-electron chi connectivity index (χ1n) is 9.22.